The minimum Gasteiger partial charge on any atom is -0.367 e. The third kappa shape index (κ3) is 3.36. The monoisotopic (exact) mass is 384 g/mol. The maximum atomic E-state index is 8.76. The first-order valence-electron chi connectivity index (χ1n) is 7.06. The number of halogens is 2. The molecule has 24 heavy (non-hydrogen) atoms. The number of guanidine groups is 1. The van der Waals surface area contributed by atoms with Crippen molar-refractivity contribution in [3.8, 4) is 0 Å². The van der Waals surface area contributed by atoms with Gasteiger partial charge in [0.15, 0.2) is 0 Å². The first-order valence-corrected chi connectivity index (χ1v) is 8.63. The predicted molar refractivity (Wildman–Crippen MR) is 95.3 cm³/mol. The van der Waals surface area contributed by atoms with Crippen LogP contribution in [0.15, 0.2) is 22.5 Å². The van der Waals surface area contributed by atoms with Crippen molar-refractivity contribution in [2.75, 3.05) is 0 Å². The zero-order valence-electron chi connectivity index (χ0n) is 12.6. The SMILES string of the molecule is Cc1cnnc2c1C(=NN=C(N)NO)CC(c1cc(Cl)sc1Cl)C2. The molecule has 4 N–H and O–H groups in total. The van der Waals surface area contributed by atoms with Gasteiger partial charge < -0.3 is 5.73 Å². The number of aromatic nitrogens is 2. The number of nitrogens with two attached hydrogens (primary N) is 1. The second kappa shape index (κ2) is 7.02. The average Bonchev–Trinajstić information content (AvgIpc) is 2.90. The zero-order valence-corrected chi connectivity index (χ0v) is 15.0. The molecule has 0 spiro atoms. The largest absolute Gasteiger partial charge is 0.367 e. The highest BCUT2D eigenvalue weighted by atomic mass is 35.5. The lowest BCUT2D eigenvalue weighted by atomic mass is 9.81. The molecule has 0 saturated carbocycles. The molecular weight excluding hydrogens is 371 g/mol. The van der Waals surface area contributed by atoms with Crippen LogP contribution in [-0.4, -0.2) is 27.1 Å². The zero-order chi connectivity index (χ0) is 17.3. The summed E-state index contributed by atoms with van der Waals surface area (Å²) in [4.78, 5) is 0. The van der Waals surface area contributed by atoms with Crippen molar-refractivity contribution in [3.63, 3.8) is 0 Å². The van der Waals surface area contributed by atoms with Crippen molar-refractivity contribution in [1.82, 2.24) is 15.7 Å². The van der Waals surface area contributed by atoms with Gasteiger partial charge in [0.1, 0.15) is 0 Å². The smallest absolute Gasteiger partial charge is 0.237 e. The summed E-state index contributed by atoms with van der Waals surface area (Å²) in [6, 6.07) is 1.87. The number of rotatable bonds is 2. The van der Waals surface area contributed by atoms with Crippen LogP contribution in [0.25, 0.3) is 0 Å². The molecule has 0 bridgehead atoms. The fourth-order valence-corrected chi connectivity index (χ4v) is 4.41. The summed E-state index contributed by atoms with van der Waals surface area (Å²) in [6.45, 7) is 1.94. The van der Waals surface area contributed by atoms with E-state index >= 15 is 0 Å². The van der Waals surface area contributed by atoms with Crippen molar-refractivity contribution in [3.05, 3.63) is 43.3 Å². The number of nitrogens with zero attached hydrogens (tertiary/aromatic N) is 4. The van der Waals surface area contributed by atoms with Gasteiger partial charge in [-0.05, 0) is 42.9 Å². The van der Waals surface area contributed by atoms with Crippen LogP contribution in [0, 0.1) is 6.92 Å². The van der Waals surface area contributed by atoms with Crippen LogP contribution >= 0.6 is 34.5 Å². The predicted octanol–water partition coefficient (Wildman–Crippen LogP) is 2.88. The normalized spacial score (nSPS) is 19.4. The maximum Gasteiger partial charge on any atom is 0.237 e. The van der Waals surface area contributed by atoms with Crippen molar-refractivity contribution >= 4 is 46.2 Å². The molecule has 0 aromatic carbocycles. The van der Waals surface area contributed by atoms with Gasteiger partial charge in [-0.3, -0.25) is 5.21 Å². The second-order valence-corrected chi connectivity index (χ2v) is 7.66. The van der Waals surface area contributed by atoms with Crippen LogP contribution in [0.4, 0.5) is 0 Å². The fraction of sp³-hybridized carbons (Fsp3) is 0.286. The summed E-state index contributed by atoms with van der Waals surface area (Å²) < 4.78 is 1.30. The van der Waals surface area contributed by atoms with E-state index in [0.717, 1.165) is 22.4 Å². The van der Waals surface area contributed by atoms with Gasteiger partial charge in [-0.1, -0.05) is 23.2 Å². The summed E-state index contributed by atoms with van der Waals surface area (Å²) in [5, 5.41) is 25.0. The molecule has 7 nitrogen and oxygen atoms in total. The molecule has 0 saturated heterocycles. The molecule has 0 fully saturated rings. The summed E-state index contributed by atoms with van der Waals surface area (Å²) in [7, 11) is 0. The molecule has 1 aliphatic rings. The van der Waals surface area contributed by atoms with Crippen molar-refractivity contribution in [2.24, 2.45) is 15.9 Å². The van der Waals surface area contributed by atoms with Gasteiger partial charge >= 0.3 is 0 Å². The van der Waals surface area contributed by atoms with Crippen molar-refractivity contribution in [2.45, 2.75) is 25.7 Å². The van der Waals surface area contributed by atoms with Crippen LogP contribution in [0.2, 0.25) is 8.67 Å². The molecule has 10 heteroatoms. The molecule has 0 aliphatic heterocycles. The van der Waals surface area contributed by atoms with Gasteiger partial charge in [-0.15, -0.1) is 16.4 Å². The van der Waals surface area contributed by atoms with Gasteiger partial charge in [-0.2, -0.15) is 15.3 Å². The molecule has 2 aromatic rings. The Morgan fingerprint density at radius 1 is 1.46 bits per heavy atom. The lowest BCUT2D eigenvalue weighted by Gasteiger charge is -2.25. The van der Waals surface area contributed by atoms with E-state index < -0.39 is 0 Å². The van der Waals surface area contributed by atoms with E-state index in [-0.39, 0.29) is 11.9 Å². The van der Waals surface area contributed by atoms with E-state index in [1.165, 1.54) is 11.3 Å². The lowest BCUT2D eigenvalue weighted by molar-refractivity contribution is 0.232. The van der Waals surface area contributed by atoms with Crippen LogP contribution < -0.4 is 11.2 Å². The third-order valence-corrected chi connectivity index (χ3v) is 5.31. The van der Waals surface area contributed by atoms with Gasteiger partial charge in [0.2, 0.25) is 5.96 Å². The Morgan fingerprint density at radius 3 is 2.92 bits per heavy atom. The quantitative estimate of drug-likeness (QED) is 0.419. The Balaban J connectivity index is 2.06. The van der Waals surface area contributed by atoms with Crippen LogP contribution in [0.3, 0.4) is 0 Å². The number of fused-ring (bicyclic) bond motifs is 1. The van der Waals surface area contributed by atoms with Gasteiger partial charge in [-0.25, -0.2) is 5.48 Å². The Morgan fingerprint density at radius 2 is 2.25 bits per heavy atom. The first kappa shape index (κ1) is 17.1. The molecule has 1 atom stereocenters. The van der Waals surface area contributed by atoms with Gasteiger partial charge in [0.25, 0.3) is 0 Å². The van der Waals surface area contributed by atoms with Crippen LogP contribution in [0.5, 0.6) is 0 Å². The van der Waals surface area contributed by atoms with E-state index in [9.17, 15) is 0 Å². The molecule has 126 valence electrons. The van der Waals surface area contributed by atoms with E-state index in [4.69, 9.17) is 34.1 Å². The first-order chi connectivity index (χ1) is 11.5. The molecule has 0 amide bonds. The topological polar surface area (TPSA) is 109 Å². The van der Waals surface area contributed by atoms with E-state index in [0.29, 0.717) is 27.2 Å². The number of hydrogen-bond donors (Lipinski definition) is 3. The summed E-state index contributed by atoms with van der Waals surface area (Å²) in [6.07, 6.45) is 2.97. The van der Waals surface area contributed by atoms with Gasteiger partial charge in [0.05, 0.1) is 26.3 Å². The summed E-state index contributed by atoms with van der Waals surface area (Å²) >= 11 is 13.7. The molecule has 2 aromatic heterocycles. The highest BCUT2D eigenvalue weighted by Gasteiger charge is 2.30. The number of aryl methyl sites for hydroxylation is 1. The lowest BCUT2D eigenvalue weighted by Crippen LogP contribution is -2.28. The Kier molecular flexibility index (Phi) is 5.00. The Labute approximate surface area is 152 Å². The highest BCUT2D eigenvalue weighted by molar-refractivity contribution is 7.20. The number of thiophene rings is 1. The minimum atomic E-state index is -0.192. The maximum absolute atomic E-state index is 8.76. The Hall–Kier alpha value is -1.74. The summed E-state index contributed by atoms with van der Waals surface area (Å²) in [5.74, 6) is -0.121. The van der Waals surface area contributed by atoms with Gasteiger partial charge in [0, 0.05) is 5.56 Å². The molecule has 0 radical (unpaired) electrons. The number of hydroxylamine groups is 1. The van der Waals surface area contributed by atoms with E-state index in [1.54, 1.807) is 11.7 Å². The number of nitrogens with one attached hydrogen (secondary N) is 1. The highest BCUT2D eigenvalue weighted by Crippen LogP contribution is 2.41. The van der Waals surface area contributed by atoms with E-state index in [1.807, 2.05) is 13.0 Å². The summed E-state index contributed by atoms with van der Waals surface area (Å²) in [5.41, 5.74) is 11.6. The second-order valence-electron chi connectivity index (χ2n) is 5.38. The van der Waals surface area contributed by atoms with Crippen molar-refractivity contribution in [1.29, 1.82) is 0 Å². The van der Waals surface area contributed by atoms with E-state index in [2.05, 4.69) is 20.4 Å². The number of hydrogen-bond acceptors (Lipinski definition) is 6. The molecule has 2 heterocycles. The third-order valence-electron chi connectivity index (χ3n) is 3.80. The molecule has 3 rings (SSSR count). The molecule has 1 unspecified atom stereocenters. The molecule has 1 aliphatic carbocycles. The van der Waals surface area contributed by atoms with Crippen molar-refractivity contribution < 1.29 is 5.21 Å². The molecular formula is C14H14Cl2N6OS. The Bertz CT molecular complexity index is 835. The van der Waals surface area contributed by atoms with Crippen LogP contribution in [0.1, 0.15) is 34.7 Å². The average molecular weight is 385 g/mol. The van der Waals surface area contributed by atoms with Crippen LogP contribution in [-0.2, 0) is 6.42 Å². The minimum absolute atomic E-state index is 0.0714. The fourth-order valence-electron chi connectivity index (χ4n) is 2.78. The standard InChI is InChI=1S/C14H14Cl2N6OS/c1-6-5-18-19-9-2-7(8-4-11(15)24-13(8)16)3-10(12(6)9)20-21-14(17)22-23/h4-5,7,23H,2-3H2,1H3,(H3,17,21,22).